The lowest BCUT2D eigenvalue weighted by atomic mass is 9.79. The number of rotatable bonds is 5. The van der Waals surface area contributed by atoms with Crippen molar-refractivity contribution in [2.45, 2.75) is 71.1 Å². The average molecular weight is 305 g/mol. The summed E-state index contributed by atoms with van der Waals surface area (Å²) in [6.07, 6.45) is 3.15. The minimum atomic E-state index is -0.475. The van der Waals surface area contributed by atoms with Crippen molar-refractivity contribution < 1.29 is 9.84 Å². The summed E-state index contributed by atoms with van der Waals surface area (Å²) in [7, 11) is 0. The second-order valence-electron chi connectivity index (χ2n) is 7.87. The molecule has 0 saturated carbocycles. The van der Waals surface area contributed by atoms with Crippen LogP contribution in [0.25, 0.3) is 0 Å². The zero-order valence-corrected chi connectivity index (χ0v) is 14.7. The predicted molar refractivity (Wildman–Crippen MR) is 91.4 cm³/mol. The third-order valence-electron chi connectivity index (χ3n) is 4.86. The van der Waals surface area contributed by atoms with Crippen LogP contribution in [0, 0.1) is 6.92 Å². The molecule has 1 heterocycles. The number of β-amino-alcohol motifs (C(OH)–C–C–N with tert-alkyl or cyclic N) is 1. The van der Waals surface area contributed by atoms with E-state index in [2.05, 4.69) is 32.6 Å². The lowest BCUT2D eigenvalue weighted by Crippen LogP contribution is -2.60. The molecule has 1 N–H and O–H groups in total. The van der Waals surface area contributed by atoms with Crippen LogP contribution in [0.1, 0.15) is 52.5 Å². The van der Waals surface area contributed by atoms with Crippen molar-refractivity contribution in [1.82, 2.24) is 4.90 Å². The zero-order chi connectivity index (χ0) is 16.4. The molecule has 1 fully saturated rings. The van der Waals surface area contributed by atoms with Gasteiger partial charge in [0.1, 0.15) is 18.5 Å². The average Bonchev–Trinajstić information content (AvgIpc) is 2.40. The fraction of sp³-hybridized carbons (Fsp3) is 0.684. The first-order valence-electron chi connectivity index (χ1n) is 8.36. The van der Waals surface area contributed by atoms with Gasteiger partial charge in [-0.25, -0.2) is 0 Å². The summed E-state index contributed by atoms with van der Waals surface area (Å²) in [6.45, 7) is 12.2. The van der Waals surface area contributed by atoms with Crippen LogP contribution in [0.5, 0.6) is 5.75 Å². The molecular formula is C19H31NO2. The van der Waals surface area contributed by atoms with E-state index in [-0.39, 0.29) is 11.1 Å². The second-order valence-corrected chi connectivity index (χ2v) is 7.87. The van der Waals surface area contributed by atoms with Gasteiger partial charge in [-0.1, -0.05) is 12.1 Å². The van der Waals surface area contributed by atoms with Crippen LogP contribution in [0.3, 0.4) is 0 Å². The summed E-state index contributed by atoms with van der Waals surface area (Å²) in [5, 5.41) is 10.4. The fourth-order valence-corrected chi connectivity index (χ4v) is 3.70. The molecule has 3 nitrogen and oxygen atoms in total. The van der Waals surface area contributed by atoms with E-state index in [1.165, 1.54) is 24.8 Å². The quantitative estimate of drug-likeness (QED) is 0.898. The van der Waals surface area contributed by atoms with Gasteiger partial charge in [0.15, 0.2) is 0 Å². The molecule has 124 valence electrons. The van der Waals surface area contributed by atoms with E-state index in [4.69, 9.17) is 4.74 Å². The number of likely N-dealkylation sites (tertiary alicyclic amines) is 1. The summed E-state index contributed by atoms with van der Waals surface area (Å²) >= 11 is 0. The lowest BCUT2D eigenvalue weighted by Gasteiger charge is -2.53. The normalized spacial score (nSPS) is 22.3. The van der Waals surface area contributed by atoms with Gasteiger partial charge in [-0.05, 0) is 71.6 Å². The monoisotopic (exact) mass is 305 g/mol. The van der Waals surface area contributed by atoms with Gasteiger partial charge in [-0.2, -0.15) is 0 Å². The highest BCUT2D eigenvalue weighted by molar-refractivity contribution is 5.27. The third-order valence-corrected chi connectivity index (χ3v) is 4.86. The lowest BCUT2D eigenvalue weighted by molar-refractivity contribution is -0.0606. The maximum Gasteiger partial charge on any atom is 0.119 e. The molecule has 0 unspecified atom stereocenters. The molecule has 0 aliphatic carbocycles. The molecule has 1 saturated heterocycles. The maximum absolute atomic E-state index is 10.4. The number of nitrogens with zero attached hydrogens (tertiary/aromatic N) is 1. The Morgan fingerprint density at radius 3 is 2.41 bits per heavy atom. The zero-order valence-electron chi connectivity index (χ0n) is 14.7. The van der Waals surface area contributed by atoms with Crippen LogP contribution in [0.4, 0.5) is 0 Å². The van der Waals surface area contributed by atoms with Crippen LogP contribution >= 0.6 is 0 Å². The summed E-state index contributed by atoms with van der Waals surface area (Å²) in [6, 6.07) is 7.96. The van der Waals surface area contributed by atoms with Crippen molar-refractivity contribution >= 4 is 0 Å². The number of aryl methyl sites for hydroxylation is 1. The number of hydrogen-bond donors (Lipinski definition) is 1. The highest BCUT2D eigenvalue weighted by Gasteiger charge is 2.41. The van der Waals surface area contributed by atoms with E-state index in [0.29, 0.717) is 13.2 Å². The van der Waals surface area contributed by atoms with Crippen LogP contribution < -0.4 is 4.74 Å². The van der Waals surface area contributed by atoms with Gasteiger partial charge in [-0.3, -0.25) is 4.90 Å². The molecule has 1 atom stereocenters. The molecule has 0 spiro atoms. The summed E-state index contributed by atoms with van der Waals surface area (Å²) in [5.74, 6) is 0.830. The standard InChI is InChI=1S/C19H31NO2/c1-15-8-6-9-17(12-15)22-14-16(21)13-20-18(2,3)10-7-11-19(20,4)5/h6,8-9,12,16,21H,7,10-11,13-14H2,1-5H3/t16-/m1/s1. The first-order chi connectivity index (χ1) is 10.2. The molecular weight excluding hydrogens is 274 g/mol. The van der Waals surface area contributed by atoms with Crippen molar-refractivity contribution in [3.8, 4) is 5.75 Å². The van der Waals surface area contributed by atoms with Crippen LogP contribution in [-0.2, 0) is 0 Å². The number of ether oxygens (including phenoxy) is 1. The Labute approximate surface area is 135 Å². The Bertz CT molecular complexity index is 480. The number of piperidine rings is 1. The largest absolute Gasteiger partial charge is 0.491 e. The van der Waals surface area contributed by atoms with Crippen LogP contribution in [0.2, 0.25) is 0 Å². The number of aliphatic hydroxyl groups is 1. The smallest absolute Gasteiger partial charge is 0.119 e. The molecule has 1 aliphatic rings. The molecule has 2 rings (SSSR count). The molecule has 3 heteroatoms. The molecule has 0 radical (unpaired) electrons. The van der Waals surface area contributed by atoms with Gasteiger partial charge in [0, 0.05) is 17.6 Å². The van der Waals surface area contributed by atoms with Crippen molar-refractivity contribution in [2.75, 3.05) is 13.2 Å². The minimum absolute atomic E-state index is 0.131. The minimum Gasteiger partial charge on any atom is -0.491 e. The Kier molecular flexibility index (Phi) is 5.18. The molecule has 0 amide bonds. The van der Waals surface area contributed by atoms with Crippen molar-refractivity contribution in [1.29, 1.82) is 0 Å². The first kappa shape index (κ1) is 17.3. The van der Waals surface area contributed by atoms with Gasteiger partial charge in [0.05, 0.1) is 0 Å². The molecule has 22 heavy (non-hydrogen) atoms. The molecule has 0 aromatic heterocycles. The van der Waals surface area contributed by atoms with Crippen molar-refractivity contribution in [3.63, 3.8) is 0 Å². The number of aliphatic hydroxyl groups excluding tert-OH is 1. The number of hydrogen-bond acceptors (Lipinski definition) is 3. The van der Waals surface area contributed by atoms with Crippen LogP contribution in [0.15, 0.2) is 24.3 Å². The topological polar surface area (TPSA) is 32.7 Å². The van der Waals surface area contributed by atoms with E-state index in [1.54, 1.807) is 0 Å². The Morgan fingerprint density at radius 1 is 1.18 bits per heavy atom. The Hall–Kier alpha value is -1.06. The first-order valence-corrected chi connectivity index (χ1v) is 8.36. The highest BCUT2D eigenvalue weighted by Crippen LogP contribution is 2.38. The molecule has 1 aromatic carbocycles. The Morgan fingerprint density at radius 2 is 1.82 bits per heavy atom. The van der Waals surface area contributed by atoms with E-state index >= 15 is 0 Å². The summed E-state index contributed by atoms with van der Waals surface area (Å²) < 4.78 is 5.75. The number of benzene rings is 1. The van der Waals surface area contributed by atoms with Crippen LogP contribution in [-0.4, -0.2) is 40.3 Å². The van der Waals surface area contributed by atoms with Crippen molar-refractivity contribution in [2.24, 2.45) is 0 Å². The van der Waals surface area contributed by atoms with E-state index in [1.807, 2.05) is 31.2 Å². The summed E-state index contributed by atoms with van der Waals surface area (Å²) in [4.78, 5) is 2.45. The van der Waals surface area contributed by atoms with Gasteiger partial charge >= 0.3 is 0 Å². The van der Waals surface area contributed by atoms with E-state index in [0.717, 1.165) is 5.75 Å². The third kappa shape index (κ3) is 4.23. The molecule has 1 aromatic rings. The van der Waals surface area contributed by atoms with Gasteiger partial charge in [0.2, 0.25) is 0 Å². The van der Waals surface area contributed by atoms with E-state index < -0.39 is 6.10 Å². The summed E-state index contributed by atoms with van der Waals surface area (Å²) in [5.41, 5.74) is 1.43. The predicted octanol–water partition coefficient (Wildman–Crippen LogP) is 3.78. The fourth-order valence-electron chi connectivity index (χ4n) is 3.70. The van der Waals surface area contributed by atoms with Crippen molar-refractivity contribution in [3.05, 3.63) is 29.8 Å². The van der Waals surface area contributed by atoms with Gasteiger partial charge in [0.25, 0.3) is 0 Å². The second kappa shape index (κ2) is 6.59. The van der Waals surface area contributed by atoms with E-state index in [9.17, 15) is 5.11 Å². The SMILES string of the molecule is Cc1cccc(OC[C@H](O)CN2C(C)(C)CCCC2(C)C)c1. The maximum atomic E-state index is 10.4. The van der Waals surface area contributed by atoms with Gasteiger partial charge in [-0.15, -0.1) is 0 Å². The molecule has 1 aliphatic heterocycles. The Balaban J connectivity index is 1.94. The highest BCUT2D eigenvalue weighted by atomic mass is 16.5. The van der Waals surface area contributed by atoms with Gasteiger partial charge < -0.3 is 9.84 Å². The molecule has 0 bridgehead atoms.